The van der Waals surface area contributed by atoms with Gasteiger partial charge >= 0.3 is 0 Å². The molecule has 2 aliphatic heterocycles. The zero-order valence-electron chi connectivity index (χ0n) is 17.2. The number of aryl methyl sites for hydroxylation is 2. The minimum absolute atomic E-state index is 0.00230. The number of para-hydroxylation sites is 2. The van der Waals surface area contributed by atoms with Gasteiger partial charge in [0.1, 0.15) is 5.82 Å². The molecule has 7 nitrogen and oxygen atoms in total. The van der Waals surface area contributed by atoms with Gasteiger partial charge in [0, 0.05) is 50.3 Å². The van der Waals surface area contributed by atoms with Gasteiger partial charge in [0.25, 0.3) is 5.56 Å². The summed E-state index contributed by atoms with van der Waals surface area (Å²) in [6.45, 7) is 4.84. The number of nitrogens with one attached hydrogen (secondary N) is 2. The molecule has 2 aromatic heterocycles. The van der Waals surface area contributed by atoms with E-state index in [4.69, 9.17) is 0 Å². The van der Waals surface area contributed by atoms with Crippen molar-refractivity contribution in [1.82, 2.24) is 24.8 Å². The molecule has 1 fully saturated rings. The van der Waals surface area contributed by atoms with E-state index in [-0.39, 0.29) is 17.5 Å². The molecule has 2 bridgehead atoms. The SMILES string of the molecule is Cc1nc2ccccc2n1CCC(=O)NC[C@H]1[C@@H]2CNC[C@@H](C2)c2cccc(=O)n21. The van der Waals surface area contributed by atoms with E-state index in [0.717, 1.165) is 42.1 Å². The molecule has 2 aliphatic rings. The molecule has 1 saturated heterocycles. The van der Waals surface area contributed by atoms with Crippen molar-refractivity contribution in [3.05, 3.63) is 64.3 Å². The Bertz CT molecular complexity index is 1150. The maximum Gasteiger partial charge on any atom is 0.251 e. The fourth-order valence-electron chi connectivity index (χ4n) is 5.17. The van der Waals surface area contributed by atoms with Crippen LogP contribution in [0.3, 0.4) is 0 Å². The van der Waals surface area contributed by atoms with E-state index in [2.05, 4.69) is 26.3 Å². The fraction of sp³-hybridized carbons (Fsp3) is 0.435. The van der Waals surface area contributed by atoms with Gasteiger partial charge in [0.05, 0.1) is 17.1 Å². The number of hydrogen-bond acceptors (Lipinski definition) is 4. The Hall–Kier alpha value is -2.93. The van der Waals surface area contributed by atoms with Crippen LogP contribution in [0.4, 0.5) is 0 Å². The average molecular weight is 406 g/mol. The number of imidazole rings is 1. The van der Waals surface area contributed by atoms with E-state index in [9.17, 15) is 9.59 Å². The number of benzene rings is 1. The van der Waals surface area contributed by atoms with Crippen LogP contribution in [-0.2, 0) is 11.3 Å². The van der Waals surface area contributed by atoms with E-state index in [0.29, 0.717) is 31.3 Å². The third-order valence-corrected chi connectivity index (χ3v) is 6.62. The number of carbonyl (C=O) groups excluding carboxylic acids is 1. The topological polar surface area (TPSA) is 81.0 Å². The van der Waals surface area contributed by atoms with Gasteiger partial charge in [-0.2, -0.15) is 0 Å². The number of piperidine rings is 1. The van der Waals surface area contributed by atoms with Crippen LogP contribution >= 0.6 is 0 Å². The minimum atomic E-state index is -0.00230. The smallest absolute Gasteiger partial charge is 0.251 e. The number of aromatic nitrogens is 3. The van der Waals surface area contributed by atoms with Crippen molar-refractivity contribution in [1.29, 1.82) is 0 Å². The van der Waals surface area contributed by atoms with E-state index >= 15 is 0 Å². The van der Waals surface area contributed by atoms with Gasteiger partial charge in [-0.25, -0.2) is 4.98 Å². The zero-order valence-corrected chi connectivity index (χ0v) is 17.2. The summed E-state index contributed by atoms with van der Waals surface area (Å²) >= 11 is 0. The maximum absolute atomic E-state index is 12.7. The number of fused-ring (bicyclic) bond motifs is 5. The average Bonchev–Trinajstić information content (AvgIpc) is 3.08. The Balaban J connectivity index is 1.28. The van der Waals surface area contributed by atoms with Gasteiger partial charge in [0.15, 0.2) is 0 Å². The molecular formula is C23H27N5O2. The lowest BCUT2D eigenvalue weighted by molar-refractivity contribution is -0.121. The van der Waals surface area contributed by atoms with E-state index in [1.165, 1.54) is 0 Å². The third kappa shape index (κ3) is 3.33. The summed E-state index contributed by atoms with van der Waals surface area (Å²) in [7, 11) is 0. The van der Waals surface area contributed by atoms with Crippen LogP contribution in [0.1, 0.15) is 36.3 Å². The van der Waals surface area contributed by atoms with Crippen LogP contribution in [0.5, 0.6) is 0 Å². The Morgan fingerprint density at radius 2 is 2.07 bits per heavy atom. The molecule has 4 heterocycles. The van der Waals surface area contributed by atoms with E-state index in [1.807, 2.05) is 41.8 Å². The van der Waals surface area contributed by atoms with Crippen molar-refractivity contribution >= 4 is 16.9 Å². The molecule has 0 aliphatic carbocycles. The minimum Gasteiger partial charge on any atom is -0.354 e. The summed E-state index contributed by atoms with van der Waals surface area (Å²) in [5.41, 5.74) is 3.12. The Kier molecular flexibility index (Phi) is 4.90. The lowest BCUT2D eigenvalue weighted by Gasteiger charge is -2.43. The predicted molar refractivity (Wildman–Crippen MR) is 116 cm³/mol. The van der Waals surface area contributed by atoms with Gasteiger partial charge in [-0.05, 0) is 37.5 Å². The molecule has 1 aromatic carbocycles. The van der Waals surface area contributed by atoms with Crippen molar-refractivity contribution in [3.8, 4) is 0 Å². The molecule has 0 unspecified atom stereocenters. The van der Waals surface area contributed by atoms with Crippen molar-refractivity contribution in [3.63, 3.8) is 0 Å². The number of hydrogen-bond donors (Lipinski definition) is 2. The summed E-state index contributed by atoms with van der Waals surface area (Å²) in [5, 5.41) is 6.59. The van der Waals surface area contributed by atoms with Gasteiger partial charge in [0.2, 0.25) is 5.91 Å². The Labute approximate surface area is 175 Å². The van der Waals surface area contributed by atoms with E-state index < -0.39 is 0 Å². The molecule has 156 valence electrons. The molecule has 0 radical (unpaired) electrons. The number of rotatable bonds is 5. The molecule has 5 rings (SSSR count). The summed E-state index contributed by atoms with van der Waals surface area (Å²) in [4.78, 5) is 29.8. The zero-order chi connectivity index (χ0) is 20.7. The quantitative estimate of drug-likeness (QED) is 0.680. The normalized spacial score (nSPS) is 22.6. The number of amides is 1. The largest absolute Gasteiger partial charge is 0.354 e. The maximum atomic E-state index is 12.7. The third-order valence-electron chi connectivity index (χ3n) is 6.62. The van der Waals surface area contributed by atoms with Crippen LogP contribution in [0, 0.1) is 12.8 Å². The summed E-state index contributed by atoms with van der Waals surface area (Å²) < 4.78 is 4.01. The number of carbonyl (C=O) groups is 1. The Morgan fingerprint density at radius 1 is 1.20 bits per heavy atom. The first-order valence-electron chi connectivity index (χ1n) is 10.7. The monoisotopic (exact) mass is 405 g/mol. The summed E-state index contributed by atoms with van der Waals surface area (Å²) in [5.74, 6) is 1.65. The van der Waals surface area contributed by atoms with Crippen LogP contribution in [0.2, 0.25) is 0 Å². The van der Waals surface area contributed by atoms with Gasteiger partial charge in [-0.3, -0.25) is 9.59 Å². The van der Waals surface area contributed by atoms with Crippen molar-refractivity contribution < 1.29 is 4.79 Å². The van der Waals surface area contributed by atoms with Crippen molar-refractivity contribution in [2.24, 2.45) is 5.92 Å². The molecule has 0 spiro atoms. The standard InChI is InChI=1S/C23H27N5O2/c1-15-26-18-5-2-3-6-20(18)27(15)10-9-22(29)25-14-21-17-11-16(12-24-13-17)19-7-4-8-23(30)28(19)21/h2-8,16-17,21,24H,9-14H2,1H3,(H,25,29)/t16-,17+,21+/m1/s1. The summed E-state index contributed by atoms with van der Waals surface area (Å²) in [6.07, 6.45) is 1.45. The van der Waals surface area contributed by atoms with Crippen molar-refractivity contribution in [2.45, 2.75) is 38.3 Å². The van der Waals surface area contributed by atoms with Crippen LogP contribution in [-0.4, -0.2) is 39.7 Å². The van der Waals surface area contributed by atoms with Crippen LogP contribution in [0.15, 0.2) is 47.3 Å². The molecule has 1 amide bonds. The highest BCUT2D eigenvalue weighted by Gasteiger charge is 2.37. The highest BCUT2D eigenvalue weighted by molar-refractivity contribution is 5.78. The lowest BCUT2D eigenvalue weighted by atomic mass is 9.79. The molecule has 7 heteroatoms. The molecule has 3 atom stereocenters. The van der Waals surface area contributed by atoms with Gasteiger partial charge < -0.3 is 19.8 Å². The first-order chi connectivity index (χ1) is 14.6. The Morgan fingerprint density at radius 3 is 2.97 bits per heavy atom. The first-order valence-corrected chi connectivity index (χ1v) is 10.7. The number of nitrogens with zero attached hydrogens (tertiary/aromatic N) is 3. The molecule has 2 N–H and O–H groups in total. The number of pyridine rings is 1. The molecule has 30 heavy (non-hydrogen) atoms. The second-order valence-electron chi connectivity index (χ2n) is 8.43. The van der Waals surface area contributed by atoms with E-state index in [1.54, 1.807) is 6.07 Å². The van der Waals surface area contributed by atoms with Crippen molar-refractivity contribution in [2.75, 3.05) is 19.6 Å². The summed E-state index contributed by atoms with van der Waals surface area (Å²) in [6, 6.07) is 13.5. The second kappa shape index (κ2) is 7.72. The molecule has 3 aromatic rings. The fourth-order valence-corrected chi connectivity index (χ4v) is 5.17. The predicted octanol–water partition coefficient (Wildman–Crippen LogP) is 1.96. The van der Waals surface area contributed by atoms with Gasteiger partial charge in [-0.1, -0.05) is 18.2 Å². The lowest BCUT2D eigenvalue weighted by Crippen LogP contribution is -2.50. The van der Waals surface area contributed by atoms with Crippen LogP contribution in [0.25, 0.3) is 11.0 Å². The first kappa shape index (κ1) is 19.1. The molecule has 0 saturated carbocycles. The van der Waals surface area contributed by atoms with Crippen LogP contribution < -0.4 is 16.2 Å². The second-order valence-corrected chi connectivity index (χ2v) is 8.43. The highest BCUT2D eigenvalue weighted by Crippen LogP contribution is 2.38. The van der Waals surface area contributed by atoms with Gasteiger partial charge in [-0.15, -0.1) is 0 Å². The highest BCUT2D eigenvalue weighted by atomic mass is 16.1. The molecular weight excluding hydrogens is 378 g/mol.